The molecule has 2 rings (SSSR count). The monoisotopic (exact) mass is 314 g/mol. The fraction of sp³-hybridized carbons (Fsp3) is 0.316. The molecule has 0 fully saturated rings. The lowest BCUT2D eigenvalue weighted by atomic mass is 10.1. The van der Waals surface area contributed by atoms with Gasteiger partial charge < -0.3 is 4.57 Å². The van der Waals surface area contributed by atoms with Gasteiger partial charge in [-0.1, -0.05) is 74.0 Å². The molecule has 0 aliphatic rings. The maximum atomic E-state index is 13.6. The van der Waals surface area contributed by atoms with Crippen LogP contribution in [-0.4, -0.2) is 11.9 Å². The minimum Gasteiger partial charge on any atom is -0.314 e. The van der Waals surface area contributed by atoms with Gasteiger partial charge >= 0.3 is 0 Å². The quantitative estimate of drug-likeness (QED) is 0.686. The molecule has 0 N–H and O–H groups in total. The summed E-state index contributed by atoms with van der Waals surface area (Å²) in [6.07, 6.45) is 3.34. The zero-order chi connectivity index (χ0) is 15.8. The first-order chi connectivity index (χ1) is 10.7. The van der Waals surface area contributed by atoms with Gasteiger partial charge in [0.15, 0.2) is 0 Å². The SMILES string of the molecule is CCCCC(=O)CCP(=O)(c1ccccc1)c1ccccc1. The third-order valence-electron chi connectivity index (χ3n) is 3.86. The van der Waals surface area contributed by atoms with Crippen LogP contribution in [0.15, 0.2) is 60.7 Å². The maximum absolute atomic E-state index is 13.6. The lowest BCUT2D eigenvalue weighted by Crippen LogP contribution is -2.19. The molecule has 0 heterocycles. The molecule has 0 aromatic heterocycles. The minimum atomic E-state index is -2.73. The van der Waals surface area contributed by atoms with Crippen LogP contribution in [-0.2, 0) is 9.36 Å². The van der Waals surface area contributed by atoms with Crippen molar-refractivity contribution in [2.45, 2.75) is 32.6 Å². The highest BCUT2D eigenvalue weighted by Gasteiger charge is 2.27. The Balaban J connectivity index is 2.24. The summed E-state index contributed by atoms with van der Waals surface area (Å²) in [4.78, 5) is 12.0. The second-order valence-corrected chi connectivity index (χ2v) is 8.49. The highest BCUT2D eigenvalue weighted by atomic mass is 31.2. The number of Topliss-reactive ketones (excluding diaryl/α,β-unsaturated/α-hetero) is 1. The normalized spacial score (nSPS) is 11.3. The predicted molar refractivity (Wildman–Crippen MR) is 93.8 cm³/mol. The van der Waals surface area contributed by atoms with Crippen molar-refractivity contribution in [1.82, 2.24) is 0 Å². The highest BCUT2D eigenvalue weighted by Crippen LogP contribution is 2.43. The predicted octanol–water partition coefficient (Wildman–Crippen LogP) is 4.15. The average molecular weight is 314 g/mol. The second-order valence-electron chi connectivity index (χ2n) is 5.53. The van der Waals surface area contributed by atoms with Crippen LogP contribution in [0.3, 0.4) is 0 Å². The second kappa shape index (κ2) is 8.10. The van der Waals surface area contributed by atoms with E-state index in [1.807, 2.05) is 60.7 Å². The summed E-state index contributed by atoms with van der Waals surface area (Å²) in [5.41, 5.74) is 0. The van der Waals surface area contributed by atoms with Crippen LogP contribution in [0.2, 0.25) is 0 Å². The lowest BCUT2D eigenvalue weighted by Gasteiger charge is -2.19. The Morgan fingerprint density at radius 3 is 1.82 bits per heavy atom. The number of benzene rings is 2. The van der Waals surface area contributed by atoms with Crippen LogP contribution in [0, 0.1) is 0 Å². The van der Waals surface area contributed by atoms with Crippen molar-refractivity contribution in [3.8, 4) is 0 Å². The zero-order valence-electron chi connectivity index (χ0n) is 13.1. The Labute approximate surface area is 132 Å². The molecule has 0 saturated carbocycles. The average Bonchev–Trinajstić information content (AvgIpc) is 2.59. The van der Waals surface area contributed by atoms with E-state index < -0.39 is 7.14 Å². The summed E-state index contributed by atoms with van der Waals surface area (Å²) in [7, 11) is -2.73. The molecule has 2 aromatic rings. The number of hydrogen-bond donors (Lipinski definition) is 0. The smallest absolute Gasteiger partial charge is 0.143 e. The molecule has 0 amide bonds. The molecule has 0 aliphatic carbocycles. The Hall–Kier alpha value is -1.66. The molecule has 0 atom stereocenters. The third kappa shape index (κ3) is 4.18. The summed E-state index contributed by atoms with van der Waals surface area (Å²) < 4.78 is 13.6. The van der Waals surface area contributed by atoms with Crippen molar-refractivity contribution in [3.05, 3.63) is 60.7 Å². The maximum Gasteiger partial charge on any atom is 0.143 e. The Morgan fingerprint density at radius 1 is 0.864 bits per heavy atom. The first kappa shape index (κ1) is 16.7. The van der Waals surface area contributed by atoms with Gasteiger partial charge in [0.1, 0.15) is 12.9 Å². The van der Waals surface area contributed by atoms with Crippen molar-refractivity contribution >= 4 is 23.5 Å². The number of unbranched alkanes of at least 4 members (excludes halogenated alkanes) is 1. The molecule has 0 aliphatic heterocycles. The molecule has 0 bridgehead atoms. The van der Waals surface area contributed by atoms with Gasteiger partial charge in [0.25, 0.3) is 0 Å². The van der Waals surface area contributed by atoms with Crippen LogP contribution < -0.4 is 10.6 Å². The van der Waals surface area contributed by atoms with E-state index in [0.29, 0.717) is 19.0 Å². The van der Waals surface area contributed by atoms with Crippen LogP contribution in [0.5, 0.6) is 0 Å². The van der Waals surface area contributed by atoms with E-state index in [9.17, 15) is 9.36 Å². The minimum absolute atomic E-state index is 0.217. The van der Waals surface area contributed by atoms with Crippen molar-refractivity contribution in [2.24, 2.45) is 0 Å². The standard InChI is InChI=1S/C19H23O2P/c1-2-3-10-17(20)15-16-22(21,18-11-6-4-7-12-18)19-13-8-5-9-14-19/h4-9,11-14H,2-3,10,15-16H2,1H3. The number of carbonyl (C=O) groups is 1. The van der Waals surface area contributed by atoms with Crippen LogP contribution in [0.25, 0.3) is 0 Å². The summed E-state index contributed by atoms with van der Waals surface area (Å²) in [5, 5.41) is 1.67. The summed E-state index contributed by atoms with van der Waals surface area (Å²) in [6, 6.07) is 19.1. The fourth-order valence-electron chi connectivity index (χ4n) is 2.53. The number of ketones is 1. The van der Waals surface area contributed by atoms with Gasteiger partial charge in [-0.25, -0.2) is 0 Å². The Kier molecular flexibility index (Phi) is 6.15. The molecule has 116 valence electrons. The third-order valence-corrected chi connectivity index (χ3v) is 6.98. The van der Waals surface area contributed by atoms with E-state index in [1.165, 1.54) is 0 Å². The molecule has 0 saturated heterocycles. The van der Waals surface area contributed by atoms with E-state index in [2.05, 4.69) is 6.92 Å². The number of rotatable bonds is 8. The van der Waals surface area contributed by atoms with E-state index >= 15 is 0 Å². The molecule has 0 spiro atoms. The molecule has 2 nitrogen and oxygen atoms in total. The highest BCUT2D eigenvalue weighted by molar-refractivity contribution is 7.78. The lowest BCUT2D eigenvalue weighted by molar-refractivity contribution is -0.118. The van der Waals surface area contributed by atoms with Gasteiger partial charge in [0, 0.05) is 29.6 Å². The molecule has 0 unspecified atom stereocenters. The van der Waals surface area contributed by atoms with E-state index in [0.717, 1.165) is 23.5 Å². The van der Waals surface area contributed by atoms with Gasteiger partial charge in [-0.15, -0.1) is 0 Å². The Morgan fingerprint density at radius 2 is 1.36 bits per heavy atom. The van der Waals surface area contributed by atoms with E-state index in [4.69, 9.17) is 0 Å². The zero-order valence-corrected chi connectivity index (χ0v) is 14.0. The molecule has 22 heavy (non-hydrogen) atoms. The molecular formula is C19H23O2P. The summed E-state index contributed by atoms with van der Waals surface area (Å²) >= 11 is 0. The first-order valence-electron chi connectivity index (χ1n) is 7.89. The largest absolute Gasteiger partial charge is 0.314 e. The van der Waals surface area contributed by atoms with Crippen molar-refractivity contribution in [2.75, 3.05) is 6.16 Å². The van der Waals surface area contributed by atoms with Gasteiger partial charge in [-0.2, -0.15) is 0 Å². The van der Waals surface area contributed by atoms with Gasteiger partial charge in [-0.3, -0.25) is 4.79 Å². The summed E-state index contributed by atoms with van der Waals surface area (Å²) in [5.74, 6) is 0.217. The number of carbonyl (C=O) groups excluding carboxylic acids is 1. The topological polar surface area (TPSA) is 34.1 Å². The molecule has 2 aromatic carbocycles. The van der Waals surface area contributed by atoms with Crippen LogP contribution in [0.4, 0.5) is 0 Å². The molecule has 0 radical (unpaired) electrons. The first-order valence-corrected chi connectivity index (χ1v) is 9.78. The van der Waals surface area contributed by atoms with Crippen molar-refractivity contribution in [3.63, 3.8) is 0 Å². The van der Waals surface area contributed by atoms with Crippen LogP contribution in [0.1, 0.15) is 32.6 Å². The van der Waals surface area contributed by atoms with Gasteiger partial charge in [0.2, 0.25) is 0 Å². The Bertz CT molecular complexity index is 591. The van der Waals surface area contributed by atoms with Gasteiger partial charge in [-0.05, 0) is 6.42 Å². The van der Waals surface area contributed by atoms with E-state index in [1.54, 1.807) is 0 Å². The van der Waals surface area contributed by atoms with Crippen molar-refractivity contribution < 1.29 is 9.36 Å². The van der Waals surface area contributed by atoms with Gasteiger partial charge in [0.05, 0.1) is 0 Å². The fourth-order valence-corrected chi connectivity index (χ4v) is 5.21. The van der Waals surface area contributed by atoms with Crippen molar-refractivity contribution in [1.29, 1.82) is 0 Å². The van der Waals surface area contributed by atoms with Crippen LogP contribution >= 0.6 is 7.14 Å². The summed E-state index contributed by atoms with van der Waals surface area (Å²) in [6.45, 7) is 2.08. The molecular weight excluding hydrogens is 291 g/mol. The molecule has 3 heteroatoms. The number of hydrogen-bond acceptors (Lipinski definition) is 2. The van der Waals surface area contributed by atoms with E-state index in [-0.39, 0.29) is 5.78 Å².